The molecule has 0 saturated carbocycles. The third-order valence-electron chi connectivity index (χ3n) is 5.44. The van der Waals surface area contributed by atoms with Crippen molar-refractivity contribution in [3.05, 3.63) is 90.9 Å². The number of likely N-dealkylation sites (tertiary alicyclic amines) is 1. The van der Waals surface area contributed by atoms with Crippen molar-refractivity contribution in [2.75, 3.05) is 18.4 Å². The molecular weight excluding hydrogens is 440 g/mol. The van der Waals surface area contributed by atoms with E-state index in [1.807, 2.05) is 30.3 Å². The minimum atomic E-state index is -2.96. The highest BCUT2D eigenvalue weighted by Crippen LogP contribution is 2.32. The number of nitrogens with one attached hydrogen (secondary N) is 2. The highest BCUT2D eigenvalue weighted by molar-refractivity contribution is 6.13. The molecule has 4 rings (SSSR count). The summed E-state index contributed by atoms with van der Waals surface area (Å²) in [5, 5.41) is 11.7. The van der Waals surface area contributed by atoms with Gasteiger partial charge in [0.2, 0.25) is 5.91 Å². The fraction of sp³-hybridized carbons (Fsp3) is 0.200. The van der Waals surface area contributed by atoms with Gasteiger partial charge in [0, 0.05) is 24.7 Å². The lowest BCUT2D eigenvalue weighted by Crippen LogP contribution is -2.39. The first-order chi connectivity index (χ1) is 16.4. The lowest BCUT2D eigenvalue weighted by Gasteiger charge is -2.23. The Bertz CT molecular complexity index is 1190. The van der Waals surface area contributed by atoms with Crippen LogP contribution in [0.5, 0.6) is 11.5 Å². The predicted octanol–water partition coefficient (Wildman–Crippen LogP) is 4.52. The van der Waals surface area contributed by atoms with E-state index in [-0.39, 0.29) is 12.3 Å². The minimum Gasteiger partial charge on any atom is -0.457 e. The topological polar surface area (TPSA) is 91.2 Å². The Morgan fingerprint density at radius 2 is 1.91 bits per heavy atom. The molecule has 0 aliphatic carbocycles. The van der Waals surface area contributed by atoms with Gasteiger partial charge in [0.05, 0.1) is 23.9 Å². The van der Waals surface area contributed by atoms with E-state index in [4.69, 9.17) is 10.1 Å². The van der Waals surface area contributed by atoms with E-state index in [1.54, 1.807) is 24.3 Å². The molecule has 0 spiro atoms. The van der Waals surface area contributed by atoms with E-state index in [9.17, 15) is 13.6 Å². The smallest absolute Gasteiger partial charge is 0.267 e. The van der Waals surface area contributed by atoms with Gasteiger partial charge in [0.25, 0.3) is 5.92 Å². The molecule has 3 aromatic rings. The first-order valence-corrected chi connectivity index (χ1v) is 10.6. The summed E-state index contributed by atoms with van der Waals surface area (Å²) in [6.45, 7) is 2.80. The van der Waals surface area contributed by atoms with Gasteiger partial charge in [0.15, 0.2) is 0 Å². The number of benzene rings is 2. The number of anilines is 1. The van der Waals surface area contributed by atoms with Crippen LogP contribution in [0.4, 0.5) is 14.6 Å². The number of alkyl halides is 2. The molecule has 1 aromatic heterocycles. The van der Waals surface area contributed by atoms with Crippen molar-refractivity contribution in [3.63, 3.8) is 0 Å². The summed E-state index contributed by atoms with van der Waals surface area (Å²) >= 11 is 0. The van der Waals surface area contributed by atoms with Crippen LogP contribution < -0.4 is 10.1 Å². The molecule has 1 aliphatic heterocycles. The molecule has 34 heavy (non-hydrogen) atoms. The molecule has 1 saturated heterocycles. The zero-order valence-corrected chi connectivity index (χ0v) is 18.2. The van der Waals surface area contributed by atoms with Gasteiger partial charge in [-0.1, -0.05) is 24.8 Å². The molecule has 174 valence electrons. The second-order valence-electron chi connectivity index (χ2n) is 7.86. The van der Waals surface area contributed by atoms with Gasteiger partial charge in [-0.2, -0.15) is 0 Å². The second-order valence-corrected chi connectivity index (χ2v) is 7.86. The van der Waals surface area contributed by atoms with E-state index in [0.29, 0.717) is 28.4 Å². The van der Waals surface area contributed by atoms with E-state index in [0.717, 1.165) is 11.0 Å². The van der Waals surface area contributed by atoms with Crippen LogP contribution in [0.2, 0.25) is 0 Å². The van der Waals surface area contributed by atoms with Crippen molar-refractivity contribution in [2.24, 2.45) is 0 Å². The molecule has 1 unspecified atom stereocenters. The van der Waals surface area contributed by atoms with Crippen LogP contribution in [0.1, 0.15) is 17.5 Å². The number of ether oxygens (including phenoxy) is 1. The Hall–Kier alpha value is -4.14. The average Bonchev–Trinajstić information content (AvgIpc) is 3.17. The number of rotatable bonds is 8. The molecule has 0 bridgehead atoms. The fourth-order valence-corrected chi connectivity index (χ4v) is 3.79. The van der Waals surface area contributed by atoms with Crippen molar-refractivity contribution in [1.29, 1.82) is 5.41 Å². The van der Waals surface area contributed by atoms with Gasteiger partial charge in [0.1, 0.15) is 23.6 Å². The highest BCUT2D eigenvalue weighted by atomic mass is 19.3. The summed E-state index contributed by atoms with van der Waals surface area (Å²) in [6.07, 6.45) is 3.37. The molecular formula is C25H23F2N5O2. The van der Waals surface area contributed by atoms with Crippen LogP contribution in [0.25, 0.3) is 0 Å². The largest absolute Gasteiger partial charge is 0.457 e. The van der Waals surface area contributed by atoms with Crippen LogP contribution in [0.15, 0.2) is 79.8 Å². The van der Waals surface area contributed by atoms with Gasteiger partial charge in [-0.05, 0) is 42.5 Å². The first-order valence-electron chi connectivity index (χ1n) is 10.6. The maximum atomic E-state index is 13.9. The molecule has 2 aromatic carbocycles. The lowest BCUT2D eigenvalue weighted by atomic mass is 10.0. The maximum Gasteiger partial charge on any atom is 0.267 e. The van der Waals surface area contributed by atoms with Crippen molar-refractivity contribution in [3.8, 4) is 11.5 Å². The molecule has 2 N–H and O–H groups in total. The number of carbonyl (C=O) groups is 1. The molecule has 9 heteroatoms. The van der Waals surface area contributed by atoms with Crippen LogP contribution in [-0.2, 0) is 4.79 Å². The maximum absolute atomic E-state index is 13.9. The number of halogens is 2. The van der Waals surface area contributed by atoms with Crippen LogP contribution in [0, 0.1) is 5.41 Å². The normalized spacial score (nSPS) is 16.6. The van der Waals surface area contributed by atoms with Gasteiger partial charge < -0.3 is 15.0 Å². The minimum absolute atomic E-state index is 0.0519. The molecule has 2 heterocycles. The summed E-state index contributed by atoms with van der Waals surface area (Å²) in [5.41, 5.74) is 1.17. The molecule has 1 aliphatic rings. The zero-order chi connectivity index (χ0) is 24.1. The van der Waals surface area contributed by atoms with Gasteiger partial charge >= 0.3 is 0 Å². The van der Waals surface area contributed by atoms with Crippen LogP contribution in [-0.4, -0.2) is 51.5 Å². The Kier molecular flexibility index (Phi) is 6.62. The zero-order valence-electron chi connectivity index (χ0n) is 18.2. The third kappa shape index (κ3) is 5.25. The first kappa shape index (κ1) is 23.0. The van der Waals surface area contributed by atoms with E-state index in [2.05, 4.69) is 21.9 Å². The van der Waals surface area contributed by atoms with Crippen molar-refractivity contribution >= 4 is 17.4 Å². The van der Waals surface area contributed by atoms with Crippen molar-refractivity contribution < 1.29 is 18.3 Å². The van der Waals surface area contributed by atoms with Gasteiger partial charge in [-0.25, -0.2) is 18.7 Å². The Morgan fingerprint density at radius 3 is 2.62 bits per heavy atom. The number of aromatic nitrogens is 2. The summed E-state index contributed by atoms with van der Waals surface area (Å²) in [4.78, 5) is 21.3. The Morgan fingerprint density at radius 1 is 1.21 bits per heavy atom. The van der Waals surface area contributed by atoms with Gasteiger partial charge in [-0.3, -0.25) is 10.2 Å². The number of hydrogen-bond acceptors (Lipinski definition) is 6. The van der Waals surface area contributed by atoms with Crippen LogP contribution >= 0.6 is 0 Å². The Labute approximate surface area is 195 Å². The van der Waals surface area contributed by atoms with Crippen LogP contribution in [0.3, 0.4) is 0 Å². The van der Waals surface area contributed by atoms with E-state index in [1.165, 1.54) is 12.5 Å². The summed E-state index contributed by atoms with van der Waals surface area (Å²) in [6, 6.07) is 15.6. The molecule has 0 radical (unpaired) electrons. The number of hydrogen-bond donors (Lipinski definition) is 2. The van der Waals surface area contributed by atoms with E-state index < -0.39 is 30.8 Å². The van der Waals surface area contributed by atoms with Crippen molar-refractivity contribution in [2.45, 2.75) is 18.4 Å². The SMILES string of the molecule is C=CC(=O)N1CC(F)(F)CC1CNc1ncncc1C(=N)c1ccc(Oc2ccccc2)cc1. The lowest BCUT2D eigenvalue weighted by molar-refractivity contribution is -0.127. The predicted molar refractivity (Wildman–Crippen MR) is 125 cm³/mol. The standard InChI is InChI=1S/C25H23F2N5O2/c1-2-22(33)32-15-25(26,27)12-18(32)13-30-24-21(14-29-16-31-24)23(28)17-8-10-20(11-9-17)34-19-6-4-3-5-7-19/h2-11,14,16,18,28H,1,12-13,15H2,(H,29,30,31). The number of amides is 1. The van der Waals surface area contributed by atoms with Gasteiger partial charge in [-0.15, -0.1) is 0 Å². The molecule has 7 nitrogen and oxygen atoms in total. The summed E-state index contributed by atoms with van der Waals surface area (Å²) in [7, 11) is 0. The second kappa shape index (κ2) is 9.78. The van der Waals surface area contributed by atoms with Crippen molar-refractivity contribution in [1.82, 2.24) is 14.9 Å². The fourth-order valence-electron chi connectivity index (χ4n) is 3.79. The molecule has 1 fully saturated rings. The number of para-hydroxylation sites is 1. The Balaban J connectivity index is 1.47. The third-order valence-corrected chi connectivity index (χ3v) is 5.44. The quantitative estimate of drug-likeness (QED) is 0.379. The summed E-state index contributed by atoms with van der Waals surface area (Å²) in [5.74, 6) is -1.85. The molecule has 1 atom stereocenters. The molecule has 1 amide bonds. The van der Waals surface area contributed by atoms with E-state index >= 15 is 0 Å². The monoisotopic (exact) mass is 463 g/mol. The highest BCUT2D eigenvalue weighted by Gasteiger charge is 2.46. The number of carbonyl (C=O) groups excluding carboxylic acids is 1. The summed E-state index contributed by atoms with van der Waals surface area (Å²) < 4.78 is 33.7. The number of nitrogens with zero attached hydrogens (tertiary/aromatic N) is 3. The average molecular weight is 463 g/mol.